The first-order valence-electron chi connectivity index (χ1n) is 7.36. The molecule has 1 aromatic rings. The molecule has 0 unspecified atom stereocenters. The highest BCUT2D eigenvalue weighted by Crippen LogP contribution is 2.15. The first-order valence-corrected chi connectivity index (χ1v) is 8.84. The van der Waals surface area contributed by atoms with Crippen LogP contribution in [0.1, 0.15) is 27.2 Å². The molecule has 1 atom stereocenters. The van der Waals surface area contributed by atoms with Crippen LogP contribution in [0.25, 0.3) is 0 Å². The normalized spacial score (nSPS) is 12.3. The summed E-state index contributed by atoms with van der Waals surface area (Å²) in [4.78, 5) is 23.2. The fourth-order valence-electron chi connectivity index (χ4n) is 1.65. The van der Waals surface area contributed by atoms with Gasteiger partial charge in [-0.15, -0.1) is 0 Å². The topological polar surface area (TPSA) is 102 Å². The van der Waals surface area contributed by atoms with Crippen molar-refractivity contribution in [3.8, 4) is 5.75 Å². The van der Waals surface area contributed by atoms with Crippen molar-refractivity contribution in [2.24, 2.45) is 5.92 Å². The Morgan fingerprint density at radius 3 is 2.30 bits per heavy atom. The molecular formula is C15H22N2O5S. The summed E-state index contributed by atoms with van der Waals surface area (Å²) in [6, 6.07) is 5.71. The molecule has 0 radical (unpaired) electrons. The number of sulfonamides is 1. The highest BCUT2D eigenvalue weighted by Gasteiger charge is 2.19. The standard InChI is InChI=1S/C15H22N2O5S/c1-4-11(3)15(19)16-10-14(18)17-23(20,21)13-8-6-12(7-9-13)22-5-2/h6-9,11H,4-5,10H2,1-3H3,(H,16,19)(H,17,18)/t11-/m1/s1. The molecule has 0 saturated heterocycles. The summed E-state index contributed by atoms with van der Waals surface area (Å²) in [7, 11) is -3.97. The molecular weight excluding hydrogens is 320 g/mol. The molecule has 23 heavy (non-hydrogen) atoms. The van der Waals surface area contributed by atoms with Crippen molar-refractivity contribution in [1.29, 1.82) is 0 Å². The zero-order valence-corrected chi connectivity index (χ0v) is 14.3. The number of hydrogen-bond donors (Lipinski definition) is 2. The number of benzene rings is 1. The monoisotopic (exact) mass is 342 g/mol. The molecule has 0 bridgehead atoms. The molecule has 1 aromatic carbocycles. The molecule has 1 rings (SSSR count). The fraction of sp³-hybridized carbons (Fsp3) is 0.467. The summed E-state index contributed by atoms with van der Waals surface area (Å²) in [5, 5.41) is 2.40. The minimum Gasteiger partial charge on any atom is -0.494 e. The number of carbonyl (C=O) groups excluding carboxylic acids is 2. The van der Waals surface area contributed by atoms with E-state index in [9.17, 15) is 18.0 Å². The molecule has 2 N–H and O–H groups in total. The predicted molar refractivity (Wildman–Crippen MR) is 85.4 cm³/mol. The van der Waals surface area contributed by atoms with Crippen LogP contribution in [0.3, 0.4) is 0 Å². The quantitative estimate of drug-likeness (QED) is 0.735. The van der Waals surface area contributed by atoms with Crippen LogP contribution < -0.4 is 14.8 Å². The summed E-state index contributed by atoms with van der Waals surface area (Å²) in [5.74, 6) is -0.777. The van der Waals surface area contributed by atoms with Crippen LogP contribution in [0.4, 0.5) is 0 Å². The first kappa shape index (κ1) is 19.0. The predicted octanol–water partition coefficient (Wildman–Crippen LogP) is 1.05. The van der Waals surface area contributed by atoms with Crippen LogP contribution in [-0.2, 0) is 19.6 Å². The number of rotatable bonds is 8. The molecule has 0 spiro atoms. The number of carbonyl (C=O) groups is 2. The van der Waals surface area contributed by atoms with Crippen molar-refractivity contribution in [3.63, 3.8) is 0 Å². The number of nitrogens with one attached hydrogen (secondary N) is 2. The smallest absolute Gasteiger partial charge is 0.264 e. The molecule has 0 aliphatic carbocycles. The summed E-state index contributed by atoms with van der Waals surface area (Å²) in [6.07, 6.45) is 0.637. The van der Waals surface area contributed by atoms with Crippen molar-refractivity contribution in [2.75, 3.05) is 13.2 Å². The minimum absolute atomic E-state index is 0.0532. The number of hydrogen-bond acceptors (Lipinski definition) is 5. The molecule has 0 saturated carbocycles. The maximum atomic E-state index is 12.1. The van der Waals surface area contributed by atoms with Gasteiger partial charge in [0.2, 0.25) is 5.91 Å². The Balaban J connectivity index is 2.63. The van der Waals surface area contributed by atoms with Crippen LogP contribution in [0, 0.1) is 5.92 Å². The molecule has 0 heterocycles. The van der Waals surface area contributed by atoms with Gasteiger partial charge in [-0.2, -0.15) is 0 Å². The Bertz CT molecular complexity index is 640. The van der Waals surface area contributed by atoms with Gasteiger partial charge in [0, 0.05) is 5.92 Å². The van der Waals surface area contributed by atoms with Gasteiger partial charge in [0.25, 0.3) is 15.9 Å². The lowest BCUT2D eigenvalue weighted by Gasteiger charge is -2.11. The maximum absolute atomic E-state index is 12.1. The number of amides is 2. The van der Waals surface area contributed by atoms with E-state index in [1.54, 1.807) is 6.92 Å². The molecule has 0 fully saturated rings. The van der Waals surface area contributed by atoms with E-state index >= 15 is 0 Å². The second kappa shape index (κ2) is 8.52. The first-order chi connectivity index (χ1) is 10.8. The summed E-state index contributed by atoms with van der Waals surface area (Å²) >= 11 is 0. The highest BCUT2D eigenvalue weighted by atomic mass is 32.2. The van der Waals surface area contributed by atoms with E-state index in [0.717, 1.165) is 0 Å². The Labute approximate surface area is 136 Å². The van der Waals surface area contributed by atoms with Gasteiger partial charge in [-0.1, -0.05) is 13.8 Å². The second-order valence-corrected chi connectivity index (χ2v) is 6.64. The highest BCUT2D eigenvalue weighted by molar-refractivity contribution is 7.90. The molecule has 0 aromatic heterocycles. The van der Waals surface area contributed by atoms with E-state index in [1.807, 2.05) is 18.6 Å². The summed E-state index contributed by atoms with van der Waals surface area (Å²) in [6.45, 7) is 5.47. The van der Waals surface area contributed by atoms with E-state index in [1.165, 1.54) is 24.3 Å². The maximum Gasteiger partial charge on any atom is 0.264 e. The van der Waals surface area contributed by atoms with Crippen molar-refractivity contribution in [2.45, 2.75) is 32.1 Å². The fourth-order valence-corrected chi connectivity index (χ4v) is 2.64. The lowest BCUT2D eigenvalue weighted by molar-refractivity contribution is -0.127. The third kappa shape index (κ3) is 5.90. The van der Waals surface area contributed by atoms with E-state index in [0.29, 0.717) is 18.8 Å². The van der Waals surface area contributed by atoms with Crippen molar-refractivity contribution in [1.82, 2.24) is 10.0 Å². The van der Waals surface area contributed by atoms with Gasteiger partial charge >= 0.3 is 0 Å². The van der Waals surface area contributed by atoms with Crippen molar-refractivity contribution in [3.05, 3.63) is 24.3 Å². The lowest BCUT2D eigenvalue weighted by Crippen LogP contribution is -2.41. The van der Waals surface area contributed by atoms with Crippen LogP contribution in [0.5, 0.6) is 5.75 Å². The lowest BCUT2D eigenvalue weighted by atomic mass is 10.1. The average molecular weight is 342 g/mol. The largest absolute Gasteiger partial charge is 0.494 e. The van der Waals surface area contributed by atoms with E-state index in [2.05, 4.69) is 5.32 Å². The number of ether oxygens (including phenoxy) is 1. The van der Waals surface area contributed by atoms with Gasteiger partial charge in [0.15, 0.2) is 0 Å². The zero-order valence-electron chi connectivity index (χ0n) is 13.5. The average Bonchev–Trinajstić information content (AvgIpc) is 2.52. The van der Waals surface area contributed by atoms with Gasteiger partial charge in [-0.05, 0) is 37.6 Å². The molecule has 2 amide bonds. The van der Waals surface area contributed by atoms with Crippen LogP contribution in [-0.4, -0.2) is 33.4 Å². The van der Waals surface area contributed by atoms with E-state index < -0.39 is 15.9 Å². The Kier molecular flexibility index (Phi) is 7.02. The van der Waals surface area contributed by atoms with E-state index in [-0.39, 0.29) is 23.3 Å². The van der Waals surface area contributed by atoms with Crippen molar-refractivity contribution >= 4 is 21.8 Å². The van der Waals surface area contributed by atoms with Gasteiger partial charge in [-0.3, -0.25) is 9.59 Å². The summed E-state index contributed by atoms with van der Waals surface area (Å²) in [5.41, 5.74) is 0. The molecule has 128 valence electrons. The zero-order chi connectivity index (χ0) is 17.5. The third-order valence-corrected chi connectivity index (χ3v) is 4.57. The van der Waals surface area contributed by atoms with Crippen molar-refractivity contribution < 1.29 is 22.7 Å². The van der Waals surface area contributed by atoms with Crippen LogP contribution >= 0.6 is 0 Å². The van der Waals surface area contributed by atoms with Crippen LogP contribution in [0.2, 0.25) is 0 Å². The van der Waals surface area contributed by atoms with Gasteiger partial charge in [0.05, 0.1) is 18.0 Å². The Morgan fingerprint density at radius 1 is 1.17 bits per heavy atom. The van der Waals surface area contributed by atoms with Gasteiger partial charge < -0.3 is 10.1 Å². The third-order valence-electron chi connectivity index (χ3n) is 3.18. The Hall–Kier alpha value is -2.09. The molecule has 0 aliphatic heterocycles. The second-order valence-electron chi connectivity index (χ2n) is 4.96. The molecule has 8 heteroatoms. The SMILES string of the molecule is CCOc1ccc(S(=O)(=O)NC(=O)CNC(=O)[C@H](C)CC)cc1. The van der Waals surface area contributed by atoms with E-state index in [4.69, 9.17) is 4.74 Å². The van der Waals surface area contributed by atoms with Gasteiger partial charge in [0.1, 0.15) is 5.75 Å². The molecule has 7 nitrogen and oxygen atoms in total. The minimum atomic E-state index is -3.97. The Morgan fingerprint density at radius 2 is 1.78 bits per heavy atom. The van der Waals surface area contributed by atoms with Gasteiger partial charge in [-0.25, -0.2) is 13.1 Å². The van der Waals surface area contributed by atoms with Crippen LogP contribution in [0.15, 0.2) is 29.2 Å². The molecule has 0 aliphatic rings. The summed E-state index contributed by atoms with van der Waals surface area (Å²) < 4.78 is 31.3.